The molecule has 1 aromatic carbocycles. The molecule has 0 fully saturated rings. The summed E-state index contributed by atoms with van der Waals surface area (Å²) in [6.45, 7) is 0. The Morgan fingerprint density at radius 2 is 1.62 bits per heavy atom. The zero-order valence-electron chi connectivity index (χ0n) is 8.19. The number of benzene rings is 1. The van der Waals surface area contributed by atoms with Crippen LogP contribution in [-0.4, -0.2) is 6.18 Å². The first-order valence-electron chi connectivity index (χ1n) is 4.57. The SMILES string of the molecule is N[C@@H](CCC(F)(F)F)c1c(F)cccc1F. The van der Waals surface area contributed by atoms with E-state index < -0.39 is 42.3 Å². The first-order chi connectivity index (χ1) is 7.31. The third-order valence-electron chi connectivity index (χ3n) is 2.11. The quantitative estimate of drug-likeness (QED) is 0.804. The fraction of sp³-hybridized carbons (Fsp3) is 0.400. The van der Waals surface area contributed by atoms with Crippen LogP contribution < -0.4 is 5.73 Å². The summed E-state index contributed by atoms with van der Waals surface area (Å²) >= 11 is 0. The lowest BCUT2D eigenvalue weighted by Gasteiger charge is -2.14. The van der Waals surface area contributed by atoms with Gasteiger partial charge in [0.25, 0.3) is 0 Å². The molecule has 0 amide bonds. The molecule has 0 radical (unpaired) electrons. The van der Waals surface area contributed by atoms with Crippen LogP contribution in [0.4, 0.5) is 22.0 Å². The van der Waals surface area contributed by atoms with Crippen LogP contribution in [0.2, 0.25) is 0 Å². The molecule has 0 saturated heterocycles. The van der Waals surface area contributed by atoms with Crippen LogP contribution >= 0.6 is 0 Å². The van der Waals surface area contributed by atoms with E-state index in [0.717, 1.165) is 18.2 Å². The van der Waals surface area contributed by atoms with Gasteiger partial charge in [-0.15, -0.1) is 0 Å². The van der Waals surface area contributed by atoms with E-state index in [1.807, 2.05) is 0 Å². The molecular formula is C10H10F5N. The summed E-state index contributed by atoms with van der Waals surface area (Å²) in [5.41, 5.74) is 4.83. The van der Waals surface area contributed by atoms with Crippen molar-refractivity contribution in [1.82, 2.24) is 0 Å². The topological polar surface area (TPSA) is 26.0 Å². The van der Waals surface area contributed by atoms with Crippen molar-refractivity contribution in [2.45, 2.75) is 25.1 Å². The maximum absolute atomic E-state index is 13.1. The van der Waals surface area contributed by atoms with Crippen molar-refractivity contribution < 1.29 is 22.0 Å². The maximum Gasteiger partial charge on any atom is 0.389 e. The minimum atomic E-state index is -4.38. The third-order valence-corrected chi connectivity index (χ3v) is 2.11. The van der Waals surface area contributed by atoms with Gasteiger partial charge in [-0.05, 0) is 18.6 Å². The lowest BCUT2D eigenvalue weighted by atomic mass is 10.0. The Kier molecular flexibility index (Phi) is 3.85. The zero-order chi connectivity index (χ0) is 12.3. The van der Waals surface area contributed by atoms with Crippen LogP contribution in [0.5, 0.6) is 0 Å². The number of rotatable bonds is 3. The largest absolute Gasteiger partial charge is 0.389 e. The Balaban J connectivity index is 2.77. The molecule has 0 aliphatic rings. The minimum absolute atomic E-state index is 0.494. The number of hydrogen-bond acceptors (Lipinski definition) is 1. The van der Waals surface area contributed by atoms with Crippen LogP contribution in [0.25, 0.3) is 0 Å². The molecule has 2 N–H and O–H groups in total. The molecule has 0 saturated carbocycles. The summed E-state index contributed by atoms with van der Waals surface area (Å²) in [5.74, 6) is -1.84. The van der Waals surface area contributed by atoms with E-state index in [1.54, 1.807) is 0 Å². The number of alkyl halides is 3. The van der Waals surface area contributed by atoms with Crippen molar-refractivity contribution in [3.05, 3.63) is 35.4 Å². The van der Waals surface area contributed by atoms with Gasteiger partial charge in [0.05, 0.1) is 0 Å². The summed E-state index contributed by atoms with van der Waals surface area (Å²) in [5, 5.41) is 0. The van der Waals surface area contributed by atoms with E-state index in [2.05, 4.69) is 0 Å². The van der Waals surface area contributed by atoms with E-state index >= 15 is 0 Å². The number of hydrogen-bond donors (Lipinski definition) is 1. The molecule has 6 heteroatoms. The second kappa shape index (κ2) is 4.78. The highest BCUT2D eigenvalue weighted by molar-refractivity contribution is 5.22. The lowest BCUT2D eigenvalue weighted by Crippen LogP contribution is -2.18. The highest BCUT2D eigenvalue weighted by Gasteiger charge is 2.29. The Bertz CT molecular complexity index is 340. The molecule has 0 spiro atoms. The molecule has 1 atom stereocenters. The predicted octanol–water partition coefficient (Wildman–Crippen LogP) is 3.31. The average Bonchev–Trinajstić information content (AvgIpc) is 2.13. The van der Waals surface area contributed by atoms with Gasteiger partial charge in [0, 0.05) is 18.0 Å². The van der Waals surface area contributed by atoms with Gasteiger partial charge in [-0.3, -0.25) is 0 Å². The van der Waals surface area contributed by atoms with Crippen LogP contribution in [0.3, 0.4) is 0 Å². The molecule has 1 nitrogen and oxygen atoms in total. The Morgan fingerprint density at radius 3 is 2.06 bits per heavy atom. The molecule has 0 bridgehead atoms. The van der Waals surface area contributed by atoms with Crippen molar-refractivity contribution >= 4 is 0 Å². The van der Waals surface area contributed by atoms with Gasteiger partial charge in [0.15, 0.2) is 0 Å². The molecule has 90 valence electrons. The van der Waals surface area contributed by atoms with Crippen LogP contribution in [0.15, 0.2) is 18.2 Å². The fourth-order valence-electron chi connectivity index (χ4n) is 1.33. The van der Waals surface area contributed by atoms with Gasteiger partial charge in [-0.2, -0.15) is 13.2 Å². The van der Waals surface area contributed by atoms with Gasteiger partial charge >= 0.3 is 6.18 Å². The van der Waals surface area contributed by atoms with Crippen molar-refractivity contribution in [2.75, 3.05) is 0 Å². The van der Waals surface area contributed by atoms with Gasteiger partial charge in [0.1, 0.15) is 11.6 Å². The van der Waals surface area contributed by atoms with E-state index in [9.17, 15) is 22.0 Å². The smallest absolute Gasteiger partial charge is 0.324 e. The number of halogens is 5. The van der Waals surface area contributed by atoms with Gasteiger partial charge in [-0.25, -0.2) is 8.78 Å². The molecule has 0 aliphatic heterocycles. The zero-order valence-corrected chi connectivity index (χ0v) is 8.19. The molecule has 1 rings (SSSR count). The maximum atomic E-state index is 13.1. The number of nitrogens with two attached hydrogens (primary N) is 1. The molecule has 1 aromatic rings. The Hall–Kier alpha value is -1.17. The van der Waals surface area contributed by atoms with E-state index in [-0.39, 0.29) is 0 Å². The van der Waals surface area contributed by atoms with Gasteiger partial charge in [0.2, 0.25) is 0 Å². The summed E-state index contributed by atoms with van der Waals surface area (Å²) in [6.07, 6.45) is -6.08. The van der Waals surface area contributed by atoms with Gasteiger partial charge < -0.3 is 5.73 Å². The lowest BCUT2D eigenvalue weighted by molar-refractivity contribution is -0.136. The average molecular weight is 239 g/mol. The Labute approximate surface area is 89.1 Å². The van der Waals surface area contributed by atoms with E-state index in [1.165, 1.54) is 0 Å². The fourth-order valence-corrected chi connectivity index (χ4v) is 1.33. The second-order valence-electron chi connectivity index (χ2n) is 3.40. The monoisotopic (exact) mass is 239 g/mol. The Morgan fingerprint density at radius 1 is 1.12 bits per heavy atom. The summed E-state index contributed by atoms with van der Waals surface area (Å²) in [4.78, 5) is 0. The minimum Gasteiger partial charge on any atom is -0.324 e. The first kappa shape index (κ1) is 12.9. The molecular weight excluding hydrogens is 229 g/mol. The predicted molar refractivity (Wildman–Crippen MR) is 48.6 cm³/mol. The van der Waals surface area contributed by atoms with Crippen molar-refractivity contribution in [3.8, 4) is 0 Å². The van der Waals surface area contributed by atoms with Crippen LogP contribution in [0.1, 0.15) is 24.4 Å². The standard InChI is InChI=1S/C10H10F5N/c11-6-2-1-3-7(12)9(6)8(16)4-5-10(13,14)15/h1-3,8H,4-5,16H2/t8-/m0/s1. The van der Waals surface area contributed by atoms with Crippen LogP contribution in [-0.2, 0) is 0 Å². The normalized spacial score (nSPS) is 13.9. The van der Waals surface area contributed by atoms with Crippen molar-refractivity contribution in [2.24, 2.45) is 5.73 Å². The van der Waals surface area contributed by atoms with E-state index in [4.69, 9.17) is 5.73 Å². The highest BCUT2D eigenvalue weighted by Crippen LogP contribution is 2.28. The second-order valence-corrected chi connectivity index (χ2v) is 3.40. The molecule has 0 unspecified atom stereocenters. The summed E-state index contributed by atoms with van der Waals surface area (Å²) in [7, 11) is 0. The van der Waals surface area contributed by atoms with Gasteiger partial charge in [-0.1, -0.05) is 6.07 Å². The summed E-state index contributed by atoms with van der Waals surface area (Å²) < 4.78 is 61.9. The van der Waals surface area contributed by atoms with Crippen molar-refractivity contribution in [1.29, 1.82) is 0 Å². The molecule has 16 heavy (non-hydrogen) atoms. The molecule has 0 aliphatic carbocycles. The summed E-state index contributed by atoms with van der Waals surface area (Å²) in [6, 6.07) is 1.77. The molecule has 0 heterocycles. The van der Waals surface area contributed by atoms with Crippen LogP contribution in [0, 0.1) is 11.6 Å². The van der Waals surface area contributed by atoms with E-state index in [0.29, 0.717) is 0 Å². The first-order valence-corrected chi connectivity index (χ1v) is 4.57. The third kappa shape index (κ3) is 3.44. The van der Waals surface area contributed by atoms with Crippen molar-refractivity contribution in [3.63, 3.8) is 0 Å². The molecule has 0 aromatic heterocycles. The highest BCUT2D eigenvalue weighted by atomic mass is 19.4.